The van der Waals surface area contributed by atoms with E-state index in [4.69, 9.17) is 5.11 Å². The summed E-state index contributed by atoms with van der Waals surface area (Å²) in [5, 5.41) is 13.5. The smallest absolute Gasteiger partial charge is 0.355 e. The van der Waals surface area contributed by atoms with Crippen molar-refractivity contribution in [3.05, 3.63) is 51.5 Å². The van der Waals surface area contributed by atoms with Crippen LogP contribution in [-0.4, -0.2) is 28.5 Å². The molecule has 1 amide bonds. The summed E-state index contributed by atoms with van der Waals surface area (Å²) in [5.74, 6) is -3.06. The lowest BCUT2D eigenvalue weighted by atomic mass is 9.97. The Balaban J connectivity index is 1.81. The Labute approximate surface area is 141 Å². The molecule has 1 heterocycles. The van der Waals surface area contributed by atoms with Gasteiger partial charge in [0.05, 0.1) is 5.01 Å². The molecule has 0 aliphatic carbocycles. The second kappa shape index (κ2) is 7.96. The van der Waals surface area contributed by atoms with Crippen molar-refractivity contribution in [3.8, 4) is 0 Å². The van der Waals surface area contributed by atoms with E-state index < -0.39 is 17.6 Å². The number of benzene rings is 1. The molecule has 1 aromatic carbocycles. The van der Waals surface area contributed by atoms with Gasteiger partial charge in [0, 0.05) is 30.8 Å². The maximum Gasteiger partial charge on any atom is 0.355 e. The number of carboxylic acid groups (broad SMARTS) is 1. The molecule has 2 rings (SSSR count). The number of thiazole rings is 1. The molecular formula is C16H16F2N2O3S. The number of rotatable bonds is 7. The first kappa shape index (κ1) is 18.0. The normalized spacial score (nSPS) is 12.0. The molecule has 0 aliphatic rings. The summed E-state index contributed by atoms with van der Waals surface area (Å²) in [4.78, 5) is 26.5. The van der Waals surface area contributed by atoms with E-state index in [2.05, 4.69) is 10.3 Å². The minimum Gasteiger partial charge on any atom is -0.476 e. The van der Waals surface area contributed by atoms with E-state index in [0.717, 1.165) is 12.1 Å². The van der Waals surface area contributed by atoms with Gasteiger partial charge in [0.1, 0.15) is 11.6 Å². The van der Waals surface area contributed by atoms with E-state index in [1.54, 1.807) is 6.92 Å². The first-order chi connectivity index (χ1) is 11.4. The van der Waals surface area contributed by atoms with Crippen LogP contribution >= 0.6 is 11.3 Å². The number of halogens is 2. The molecule has 0 saturated carbocycles. The summed E-state index contributed by atoms with van der Waals surface area (Å²) in [5.41, 5.74) is 0.277. The fraction of sp³-hybridized carbons (Fsp3) is 0.312. The Morgan fingerprint density at radius 3 is 2.75 bits per heavy atom. The second-order valence-electron chi connectivity index (χ2n) is 5.30. The number of nitrogens with zero attached hydrogens (tertiary/aromatic N) is 1. The number of aromatic carboxylic acids is 1. The quantitative estimate of drug-likeness (QED) is 0.801. The maximum atomic E-state index is 13.7. The third kappa shape index (κ3) is 4.82. The van der Waals surface area contributed by atoms with E-state index in [1.165, 1.54) is 22.8 Å². The number of hydrogen-bond donors (Lipinski definition) is 2. The lowest BCUT2D eigenvalue weighted by Gasteiger charge is -2.12. The number of carbonyl (C=O) groups excluding carboxylic acids is 1. The predicted molar refractivity (Wildman–Crippen MR) is 85.2 cm³/mol. The summed E-state index contributed by atoms with van der Waals surface area (Å²) in [6.07, 6.45) is 0.490. The molecule has 0 radical (unpaired) electrons. The van der Waals surface area contributed by atoms with Crippen molar-refractivity contribution in [2.24, 2.45) is 0 Å². The molecule has 0 bridgehead atoms. The van der Waals surface area contributed by atoms with Gasteiger partial charge in [-0.25, -0.2) is 18.6 Å². The number of aromatic nitrogens is 1. The average Bonchev–Trinajstić information content (AvgIpc) is 2.96. The number of carboxylic acids is 1. The zero-order valence-corrected chi connectivity index (χ0v) is 13.7. The first-order valence-corrected chi connectivity index (χ1v) is 8.14. The zero-order valence-electron chi connectivity index (χ0n) is 12.9. The highest BCUT2D eigenvalue weighted by Crippen LogP contribution is 2.22. The fourth-order valence-electron chi connectivity index (χ4n) is 2.19. The number of carbonyl (C=O) groups is 2. The first-order valence-electron chi connectivity index (χ1n) is 7.26. The molecule has 2 N–H and O–H groups in total. The highest BCUT2D eigenvalue weighted by molar-refractivity contribution is 7.09. The summed E-state index contributed by atoms with van der Waals surface area (Å²) in [7, 11) is 0. The van der Waals surface area contributed by atoms with Crippen LogP contribution in [0.15, 0.2) is 23.6 Å². The van der Waals surface area contributed by atoms with Gasteiger partial charge in [-0.15, -0.1) is 11.3 Å². The van der Waals surface area contributed by atoms with Gasteiger partial charge in [0.2, 0.25) is 5.91 Å². The molecule has 1 atom stereocenters. The molecule has 128 valence electrons. The van der Waals surface area contributed by atoms with Crippen LogP contribution in [0.25, 0.3) is 0 Å². The second-order valence-corrected chi connectivity index (χ2v) is 6.25. The highest BCUT2D eigenvalue weighted by Gasteiger charge is 2.15. The van der Waals surface area contributed by atoms with Crippen LogP contribution in [0.3, 0.4) is 0 Å². The maximum absolute atomic E-state index is 13.7. The van der Waals surface area contributed by atoms with Crippen molar-refractivity contribution in [2.75, 3.05) is 6.54 Å². The molecule has 1 aromatic heterocycles. The van der Waals surface area contributed by atoms with Crippen LogP contribution in [0.1, 0.15) is 40.3 Å². The molecular weight excluding hydrogens is 338 g/mol. The summed E-state index contributed by atoms with van der Waals surface area (Å²) >= 11 is 1.22. The van der Waals surface area contributed by atoms with Crippen molar-refractivity contribution < 1.29 is 23.5 Å². The van der Waals surface area contributed by atoms with Gasteiger partial charge in [0.25, 0.3) is 0 Å². The molecule has 0 spiro atoms. The number of hydrogen-bond acceptors (Lipinski definition) is 4. The van der Waals surface area contributed by atoms with Crippen molar-refractivity contribution >= 4 is 23.2 Å². The minimum absolute atomic E-state index is 0.0123. The van der Waals surface area contributed by atoms with Crippen LogP contribution in [0.4, 0.5) is 8.78 Å². The molecule has 0 fully saturated rings. The number of amides is 1. The Morgan fingerprint density at radius 2 is 2.12 bits per heavy atom. The molecule has 5 nitrogen and oxygen atoms in total. The largest absolute Gasteiger partial charge is 0.476 e. The van der Waals surface area contributed by atoms with Crippen molar-refractivity contribution in [1.29, 1.82) is 0 Å². The topological polar surface area (TPSA) is 79.3 Å². The van der Waals surface area contributed by atoms with Gasteiger partial charge in [-0.1, -0.05) is 13.0 Å². The fourth-order valence-corrected chi connectivity index (χ4v) is 2.97. The van der Waals surface area contributed by atoms with Gasteiger partial charge < -0.3 is 10.4 Å². The van der Waals surface area contributed by atoms with E-state index in [9.17, 15) is 18.4 Å². The van der Waals surface area contributed by atoms with Gasteiger partial charge in [-0.3, -0.25) is 4.79 Å². The third-order valence-corrected chi connectivity index (χ3v) is 4.33. The Bertz CT molecular complexity index is 749. The average molecular weight is 354 g/mol. The van der Waals surface area contributed by atoms with E-state index in [1.807, 2.05) is 0 Å². The number of nitrogens with one attached hydrogen (secondary N) is 1. The van der Waals surface area contributed by atoms with Crippen LogP contribution < -0.4 is 5.32 Å². The van der Waals surface area contributed by atoms with Gasteiger partial charge in [-0.2, -0.15) is 0 Å². The molecule has 24 heavy (non-hydrogen) atoms. The van der Waals surface area contributed by atoms with Crippen molar-refractivity contribution in [2.45, 2.75) is 25.7 Å². The summed E-state index contributed by atoms with van der Waals surface area (Å²) in [6, 6.07) is 3.30. The lowest BCUT2D eigenvalue weighted by Crippen LogP contribution is -2.26. The van der Waals surface area contributed by atoms with Gasteiger partial charge in [0.15, 0.2) is 5.69 Å². The van der Waals surface area contributed by atoms with Gasteiger partial charge in [-0.05, 0) is 17.5 Å². The van der Waals surface area contributed by atoms with E-state index in [-0.39, 0.29) is 29.5 Å². The van der Waals surface area contributed by atoms with Crippen LogP contribution in [-0.2, 0) is 11.2 Å². The van der Waals surface area contributed by atoms with Crippen molar-refractivity contribution in [3.63, 3.8) is 0 Å². The Hall–Kier alpha value is -2.35. The van der Waals surface area contributed by atoms with Crippen LogP contribution in [0, 0.1) is 11.6 Å². The monoisotopic (exact) mass is 354 g/mol. The predicted octanol–water partition coefficient (Wildman–Crippen LogP) is 2.97. The molecule has 2 aromatic rings. The van der Waals surface area contributed by atoms with Gasteiger partial charge >= 0.3 is 5.97 Å². The molecule has 0 aliphatic heterocycles. The minimum atomic E-state index is -1.09. The van der Waals surface area contributed by atoms with Crippen LogP contribution in [0.2, 0.25) is 0 Å². The highest BCUT2D eigenvalue weighted by atomic mass is 32.1. The summed E-state index contributed by atoms with van der Waals surface area (Å²) < 4.78 is 26.6. The third-order valence-electron chi connectivity index (χ3n) is 3.42. The SMILES string of the molecule is CC(CC(=O)NCCc1nc(C(=O)O)cs1)c1ccc(F)cc1F. The van der Waals surface area contributed by atoms with Crippen molar-refractivity contribution in [1.82, 2.24) is 10.3 Å². The molecule has 8 heteroatoms. The Kier molecular flexibility index (Phi) is 5.97. The van der Waals surface area contributed by atoms with E-state index in [0.29, 0.717) is 18.0 Å². The summed E-state index contributed by atoms with van der Waals surface area (Å²) in [6.45, 7) is 2.00. The lowest BCUT2D eigenvalue weighted by molar-refractivity contribution is -0.121. The Morgan fingerprint density at radius 1 is 1.38 bits per heavy atom. The standard InChI is InChI=1S/C16H16F2N2O3S/c1-9(11-3-2-10(17)7-12(11)18)6-14(21)19-5-4-15-20-13(8-24-15)16(22)23/h2-3,7-9H,4-6H2,1H3,(H,19,21)(H,22,23). The van der Waals surface area contributed by atoms with E-state index >= 15 is 0 Å². The molecule has 0 saturated heterocycles. The zero-order chi connectivity index (χ0) is 17.7. The molecule has 1 unspecified atom stereocenters. The van der Waals surface area contributed by atoms with Crippen LogP contribution in [0.5, 0.6) is 0 Å².